The molecule has 1 atom stereocenters. The zero-order valence-electron chi connectivity index (χ0n) is 19.3. The minimum atomic E-state index is 0.512. The lowest BCUT2D eigenvalue weighted by molar-refractivity contribution is 0.803. The van der Waals surface area contributed by atoms with Gasteiger partial charge in [0.15, 0.2) is 0 Å². The van der Waals surface area contributed by atoms with Crippen molar-refractivity contribution in [3.05, 3.63) is 113 Å². The van der Waals surface area contributed by atoms with Crippen molar-refractivity contribution >= 4 is 54.9 Å². The van der Waals surface area contributed by atoms with E-state index in [9.17, 15) is 5.26 Å². The van der Waals surface area contributed by atoms with Crippen LogP contribution in [0.25, 0.3) is 49.2 Å². The summed E-state index contributed by atoms with van der Waals surface area (Å²) in [6, 6.07) is 34.4. The number of nitrogens with zero attached hydrogens (tertiary/aromatic N) is 2. The first-order valence-electron chi connectivity index (χ1n) is 12.0. The number of nitriles is 1. The first-order valence-corrected chi connectivity index (χ1v) is 12.8. The van der Waals surface area contributed by atoms with Gasteiger partial charge in [0, 0.05) is 26.0 Å². The largest absolute Gasteiger partial charge is 0.309 e. The Morgan fingerprint density at radius 1 is 0.829 bits per heavy atom. The minimum absolute atomic E-state index is 0.512. The Hall–Kier alpha value is -4.13. The Morgan fingerprint density at radius 2 is 1.57 bits per heavy atom. The number of aromatic nitrogens is 1. The zero-order valence-corrected chi connectivity index (χ0v) is 20.1. The van der Waals surface area contributed by atoms with Crippen LogP contribution in [0.5, 0.6) is 0 Å². The molecule has 7 rings (SSSR count). The molecule has 4 aromatic carbocycles. The standard InChI is InChI=1S/C32H22N2S/c1-20-16-23(18-28-26-7-3-5-9-31(26)35-32(20)28)22-12-15-30-27(17-22)25-6-2-4-8-29(25)34(30)24-13-10-21(19-33)11-14-24/h2-15,17-18,20H,16H2,1H3. The molecule has 35 heavy (non-hydrogen) atoms. The Labute approximate surface area is 208 Å². The highest BCUT2D eigenvalue weighted by atomic mass is 32.1. The highest BCUT2D eigenvalue weighted by Crippen LogP contribution is 2.46. The van der Waals surface area contributed by atoms with Crippen molar-refractivity contribution in [3.8, 4) is 11.8 Å². The van der Waals surface area contributed by atoms with Crippen LogP contribution in [0, 0.1) is 11.3 Å². The molecule has 2 heterocycles. The molecule has 0 radical (unpaired) electrons. The molecule has 1 aliphatic rings. The number of hydrogen-bond donors (Lipinski definition) is 0. The molecule has 0 fully saturated rings. The Morgan fingerprint density at radius 3 is 2.40 bits per heavy atom. The quantitative estimate of drug-likeness (QED) is 0.250. The molecular formula is C32H22N2S. The van der Waals surface area contributed by atoms with Gasteiger partial charge in [0.25, 0.3) is 0 Å². The van der Waals surface area contributed by atoms with E-state index >= 15 is 0 Å². The highest BCUT2D eigenvalue weighted by Gasteiger charge is 2.23. The van der Waals surface area contributed by atoms with Gasteiger partial charge in [-0.05, 0) is 89.0 Å². The molecule has 2 aromatic heterocycles. The van der Waals surface area contributed by atoms with Crippen molar-refractivity contribution < 1.29 is 0 Å². The summed E-state index contributed by atoms with van der Waals surface area (Å²) in [6.45, 7) is 2.36. The molecule has 2 nitrogen and oxygen atoms in total. The van der Waals surface area contributed by atoms with Gasteiger partial charge < -0.3 is 4.57 Å². The van der Waals surface area contributed by atoms with Crippen molar-refractivity contribution in [1.82, 2.24) is 4.57 Å². The third kappa shape index (κ3) is 3.07. The molecule has 0 N–H and O–H groups in total. The molecule has 0 saturated carbocycles. The number of para-hydroxylation sites is 1. The summed E-state index contributed by atoms with van der Waals surface area (Å²) in [5.74, 6) is 0.512. The zero-order chi connectivity index (χ0) is 23.5. The first kappa shape index (κ1) is 20.3. The van der Waals surface area contributed by atoms with E-state index in [-0.39, 0.29) is 0 Å². The number of thiophene rings is 1. The summed E-state index contributed by atoms with van der Waals surface area (Å²) < 4.78 is 3.68. The van der Waals surface area contributed by atoms with Crippen molar-refractivity contribution in [3.63, 3.8) is 0 Å². The highest BCUT2D eigenvalue weighted by molar-refractivity contribution is 7.19. The van der Waals surface area contributed by atoms with E-state index in [4.69, 9.17) is 0 Å². The number of rotatable bonds is 2. The van der Waals surface area contributed by atoms with E-state index in [0.717, 1.165) is 12.1 Å². The summed E-state index contributed by atoms with van der Waals surface area (Å²) in [6.07, 6.45) is 3.48. The van der Waals surface area contributed by atoms with E-state index in [1.807, 2.05) is 35.6 Å². The average Bonchev–Trinajstić information content (AvgIpc) is 3.45. The van der Waals surface area contributed by atoms with Gasteiger partial charge in [-0.3, -0.25) is 0 Å². The summed E-state index contributed by atoms with van der Waals surface area (Å²) in [5, 5.41) is 13.1. The van der Waals surface area contributed by atoms with Gasteiger partial charge in [0.1, 0.15) is 0 Å². The molecule has 0 bridgehead atoms. The van der Waals surface area contributed by atoms with Crippen LogP contribution in [0.3, 0.4) is 0 Å². The lowest BCUT2D eigenvalue weighted by atomic mass is 9.85. The van der Waals surface area contributed by atoms with Gasteiger partial charge in [-0.25, -0.2) is 0 Å². The van der Waals surface area contributed by atoms with Gasteiger partial charge in [0.05, 0.1) is 22.7 Å². The average molecular weight is 467 g/mol. The molecule has 3 heteroatoms. The predicted octanol–water partition coefficient (Wildman–Crippen LogP) is 8.92. The topological polar surface area (TPSA) is 28.7 Å². The van der Waals surface area contributed by atoms with E-state index in [0.29, 0.717) is 11.5 Å². The van der Waals surface area contributed by atoms with E-state index in [1.54, 1.807) is 0 Å². The SMILES string of the molecule is CC1CC(c2ccc3c(c2)c2ccccc2n3-c2ccc(C#N)cc2)=Cc2c1sc1ccccc21. The maximum atomic E-state index is 9.22. The van der Waals surface area contributed by atoms with E-state index < -0.39 is 0 Å². The van der Waals surface area contributed by atoms with E-state index in [2.05, 4.69) is 90.4 Å². The fraction of sp³-hybridized carbons (Fsp3) is 0.0938. The van der Waals surface area contributed by atoms with Crippen LogP contribution in [0.1, 0.15) is 40.8 Å². The van der Waals surface area contributed by atoms with Crippen LogP contribution in [-0.4, -0.2) is 4.57 Å². The van der Waals surface area contributed by atoms with Crippen LogP contribution >= 0.6 is 11.3 Å². The molecule has 0 spiro atoms. The predicted molar refractivity (Wildman–Crippen MR) is 148 cm³/mol. The van der Waals surface area contributed by atoms with Crippen LogP contribution in [0.2, 0.25) is 0 Å². The van der Waals surface area contributed by atoms with Gasteiger partial charge in [-0.15, -0.1) is 11.3 Å². The molecule has 0 aliphatic heterocycles. The minimum Gasteiger partial charge on any atom is -0.309 e. The van der Waals surface area contributed by atoms with Gasteiger partial charge in [-0.2, -0.15) is 5.26 Å². The van der Waals surface area contributed by atoms with Crippen LogP contribution in [0.4, 0.5) is 0 Å². The van der Waals surface area contributed by atoms with Crippen molar-refractivity contribution in [2.75, 3.05) is 0 Å². The van der Waals surface area contributed by atoms with Crippen LogP contribution in [0.15, 0.2) is 91.0 Å². The van der Waals surface area contributed by atoms with Crippen LogP contribution in [-0.2, 0) is 0 Å². The Kier molecular flexibility index (Phi) is 4.46. The lowest BCUT2D eigenvalue weighted by Crippen LogP contribution is -2.01. The second kappa shape index (κ2) is 7.70. The number of benzene rings is 4. The van der Waals surface area contributed by atoms with Gasteiger partial charge >= 0.3 is 0 Å². The Balaban J connectivity index is 1.43. The summed E-state index contributed by atoms with van der Waals surface area (Å²) >= 11 is 1.94. The third-order valence-corrected chi connectivity index (χ3v) is 8.67. The van der Waals surface area contributed by atoms with Gasteiger partial charge in [-0.1, -0.05) is 49.4 Å². The molecular weight excluding hydrogens is 444 g/mol. The third-order valence-electron chi connectivity index (χ3n) is 7.25. The second-order valence-corrected chi connectivity index (χ2v) is 10.5. The number of hydrogen-bond acceptors (Lipinski definition) is 2. The maximum absolute atomic E-state index is 9.22. The molecule has 6 aromatic rings. The van der Waals surface area contributed by atoms with Gasteiger partial charge in [0.2, 0.25) is 0 Å². The summed E-state index contributed by atoms with van der Waals surface area (Å²) in [4.78, 5) is 1.51. The summed E-state index contributed by atoms with van der Waals surface area (Å²) in [5.41, 5.74) is 8.23. The monoisotopic (exact) mass is 466 g/mol. The fourth-order valence-corrected chi connectivity index (χ4v) is 6.83. The summed E-state index contributed by atoms with van der Waals surface area (Å²) in [7, 11) is 0. The number of fused-ring (bicyclic) bond motifs is 6. The molecule has 166 valence electrons. The number of allylic oxidation sites excluding steroid dienone is 1. The first-order chi connectivity index (χ1) is 17.2. The normalized spacial score (nSPS) is 15.3. The van der Waals surface area contributed by atoms with Crippen molar-refractivity contribution in [1.29, 1.82) is 5.26 Å². The second-order valence-electron chi connectivity index (χ2n) is 9.39. The molecule has 1 unspecified atom stereocenters. The molecule has 0 saturated heterocycles. The maximum Gasteiger partial charge on any atom is 0.0991 e. The Bertz CT molecular complexity index is 1840. The van der Waals surface area contributed by atoms with Crippen molar-refractivity contribution in [2.45, 2.75) is 19.3 Å². The van der Waals surface area contributed by atoms with Crippen molar-refractivity contribution in [2.24, 2.45) is 0 Å². The van der Waals surface area contributed by atoms with Crippen LogP contribution < -0.4 is 0 Å². The molecule has 1 aliphatic carbocycles. The lowest BCUT2D eigenvalue weighted by Gasteiger charge is -2.20. The van der Waals surface area contributed by atoms with E-state index in [1.165, 1.54) is 53.5 Å². The fourth-order valence-electron chi connectivity index (χ4n) is 5.59. The molecule has 0 amide bonds. The smallest absolute Gasteiger partial charge is 0.0991 e.